The van der Waals surface area contributed by atoms with Crippen molar-refractivity contribution in [1.82, 2.24) is 5.32 Å². The molecule has 1 aromatic rings. The Hall–Kier alpha value is -0.380. The third-order valence-electron chi connectivity index (χ3n) is 3.06. The molecule has 0 aromatic heterocycles. The fourth-order valence-corrected chi connectivity index (χ4v) is 2.17. The molecule has 0 amide bonds. The molecule has 0 aliphatic heterocycles. The summed E-state index contributed by atoms with van der Waals surface area (Å²) in [6.45, 7) is 6.41. The number of rotatable bonds is 7. The lowest BCUT2D eigenvalue weighted by molar-refractivity contribution is 0.186. The lowest BCUT2D eigenvalue weighted by Crippen LogP contribution is -2.30. The SMILES string of the molecule is CC(C)C(CO)CNCCc1cccc(Br)c1. The number of benzene rings is 1. The zero-order valence-electron chi connectivity index (χ0n) is 10.6. The van der Waals surface area contributed by atoms with E-state index in [-0.39, 0.29) is 6.61 Å². The second kappa shape index (κ2) is 7.85. The highest BCUT2D eigenvalue weighted by Gasteiger charge is 2.10. The number of aliphatic hydroxyl groups excluding tert-OH is 1. The third-order valence-corrected chi connectivity index (χ3v) is 3.56. The molecule has 0 aliphatic rings. The number of hydrogen-bond acceptors (Lipinski definition) is 2. The van der Waals surface area contributed by atoms with Crippen molar-refractivity contribution >= 4 is 15.9 Å². The third kappa shape index (κ3) is 5.66. The van der Waals surface area contributed by atoms with E-state index < -0.39 is 0 Å². The van der Waals surface area contributed by atoms with Gasteiger partial charge in [0.2, 0.25) is 0 Å². The van der Waals surface area contributed by atoms with Crippen molar-refractivity contribution in [2.75, 3.05) is 19.7 Å². The summed E-state index contributed by atoms with van der Waals surface area (Å²) < 4.78 is 1.13. The van der Waals surface area contributed by atoms with E-state index in [1.54, 1.807) is 0 Å². The predicted octanol–water partition coefficient (Wildman–Crippen LogP) is 2.85. The molecule has 2 N–H and O–H groups in total. The Kier molecular flexibility index (Phi) is 6.78. The quantitative estimate of drug-likeness (QED) is 0.759. The molecule has 17 heavy (non-hydrogen) atoms. The van der Waals surface area contributed by atoms with Gasteiger partial charge in [0.15, 0.2) is 0 Å². The van der Waals surface area contributed by atoms with Crippen LogP contribution in [0, 0.1) is 11.8 Å². The summed E-state index contributed by atoms with van der Waals surface area (Å²) in [6.07, 6.45) is 1.02. The summed E-state index contributed by atoms with van der Waals surface area (Å²) in [7, 11) is 0. The Labute approximate surface area is 113 Å². The Bertz CT molecular complexity index is 328. The molecular formula is C14H22BrNO. The fraction of sp³-hybridized carbons (Fsp3) is 0.571. The molecule has 0 radical (unpaired) electrons. The number of hydrogen-bond donors (Lipinski definition) is 2. The summed E-state index contributed by atoms with van der Waals surface area (Å²) in [6, 6.07) is 8.38. The van der Waals surface area contributed by atoms with Crippen molar-refractivity contribution in [3.63, 3.8) is 0 Å². The van der Waals surface area contributed by atoms with Crippen molar-refractivity contribution < 1.29 is 5.11 Å². The minimum absolute atomic E-state index is 0.265. The van der Waals surface area contributed by atoms with Crippen molar-refractivity contribution in [2.24, 2.45) is 11.8 Å². The summed E-state index contributed by atoms with van der Waals surface area (Å²) >= 11 is 3.47. The van der Waals surface area contributed by atoms with Gasteiger partial charge in [-0.25, -0.2) is 0 Å². The fourth-order valence-electron chi connectivity index (χ4n) is 1.72. The topological polar surface area (TPSA) is 32.3 Å². The molecule has 3 heteroatoms. The van der Waals surface area contributed by atoms with Crippen LogP contribution in [0.2, 0.25) is 0 Å². The van der Waals surface area contributed by atoms with Crippen LogP contribution in [0.3, 0.4) is 0 Å². The Balaban J connectivity index is 2.24. The largest absolute Gasteiger partial charge is 0.396 e. The van der Waals surface area contributed by atoms with Gasteiger partial charge < -0.3 is 10.4 Å². The standard InChI is InChI=1S/C14H22BrNO/c1-11(2)13(10-17)9-16-7-6-12-4-3-5-14(15)8-12/h3-5,8,11,13,16-17H,6-7,9-10H2,1-2H3. The second-order valence-corrected chi connectivity index (χ2v) is 5.69. The maximum absolute atomic E-state index is 9.20. The van der Waals surface area contributed by atoms with Gasteiger partial charge in [0.1, 0.15) is 0 Å². The van der Waals surface area contributed by atoms with E-state index in [0.29, 0.717) is 11.8 Å². The molecule has 1 aromatic carbocycles. The minimum Gasteiger partial charge on any atom is -0.396 e. The average Bonchev–Trinajstić information content (AvgIpc) is 2.28. The van der Waals surface area contributed by atoms with Gasteiger partial charge in [-0.3, -0.25) is 0 Å². The normalized spacial score (nSPS) is 13.0. The lowest BCUT2D eigenvalue weighted by Gasteiger charge is -2.18. The summed E-state index contributed by atoms with van der Waals surface area (Å²) in [4.78, 5) is 0. The van der Waals surface area contributed by atoms with E-state index in [9.17, 15) is 5.11 Å². The molecule has 2 nitrogen and oxygen atoms in total. The first-order valence-corrected chi connectivity index (χ1v) is 6.98. The first-order valence-electron chi connectivity index (χ1n) is 6.19. The van der Waals surface area contributed by atoms with Crippen LogP contribution in [0.15, 0.2) is 28.7 Å². The second-order valence-electron chi connectivity index (χ2n) is 4.77. The number of aliphatic hydroxyl groups is 1. The maximum atomic E-state index is 9.20. The van der Waals surface area contributed by atoms with E-state index in [1.165, 1.54) is 5.56 Å². The lowest BCUT2D eigenvalue weighted by atomic mass is 9.97. The van der Waals surface area contributed by atoms with Crippen molar-refractivity contribution in [3.05, 3.63) is 34.3 Å². The van der Waals surface area contributed by atoms with Gasteiger partial charge in [-0.05, 0) is 42.5 Å². The van der Waals surface area contributed by atoms with Gasteiger partial charge in [0.25, 0.3) is 0 Å². The Morgan fingerprint density at radius 1 is 1.35 bits per heavy atom. The molecule has 0 bridgehead atoms. The smallest absolute Gasteiger partial charge is 0.0473 e. The monoisotopic (exact) mass is 299 g/mol. The van der Waals surface area contributed by atoms with Crippen LogP contribution in [0.25, 0.3) is 0 Å². The first kappa shape index (κ1) is 14.7. The minimum atomic E-state index is 0.265. The molecule has 0 spiro atoms. The summed E-state index contributed by atoms with van der Waals surface area (Å²) in [5, 5.41) is 12.6. The van der Waals surface area contributed by atoms with E-state index in [1.807, 2.05) is 6.07 Å². The van der Waals surface area contributed by atoms with Gasteiger partial charge >= 0.3 is 0 Å². The van der Waals surface area contributed by atoms with Crippen molar-refractivity contribution in [1.29, 1.82) is 0 Å². The molecule has 1 unspecified atom stereocenters. The van der Waals surface area contributed by atoms with Gasteiger partial charge in [-0.2, -0.15) is 0 Å². The highest BCUT2D eigenvalue weighted by atomic mass is 79.9. The van der Waals surface area contributed by atoms with E-state index >= 15 is 0 Å². The number of nitrogens with one attached hydrogen (secondary N) is 1. The summed E-state index contributed by atoms with van der Waals surface area (Å²) in [5.41, 5.74) is 1.33. The van der Waals surface area contributed by atoms with Crippen LogP contribution in [-0.4, -0.2) is 24.8 Å². The van der Waals surface area contributed by atoms with Crippen molar-refractivity contribution in [3.8, 4) is 0 Å². The molecule has 0 aliphatic carbocycles. The van der Waals surface area contributed by atoms with Gasteiger partial charge in [-0.1, -0.05) is 41.9 Å². The van der Waals surface area contributed by atoms with Gasteiger partial charge in [0.05, 0.1) is 0 Å². The van der Waals surface area contributed by atoms with E-state index in [0.717, 1.165) is 24.0 Å². The maximum Gasteiger partial charge on any atom is 0.0473 e. The molecule has 0 fully saturated rings. The van der Waals surface area contributed by atoms with Crippen LogP contribution < -0.4 is 5.32 Å². The highest BCUT2D eigenvalue weighted by molar-refractivity contribution is 9.10. The summed E-state index contributed by atoms with van der Waals surface area (Å²) in [5.74, 6) is 0.885. The molecule has 0 saturated heterocycles. The van der Waals surface area contributed by atoms with Crippen molar-refractivity contribution in [2.45, 2.75) is 20.3 Å². The van der Waals surface area contributed by atoms with Crippen LogP contribution in [0.4, 0.5) is 0 Å². The van der Waals surface area contributed by atoms with Crippen LogP contribution in [0.5, 0.6) is 0 Å². The van der Waals surface area contributed by atoms with Gasteiger partial charge in [-0.15, -0.1) is 0 Å². The van der Waals surface area contributed by atoms with Gasteiger partial charge in [0, 0.05) is 17.6 Å². The van der Waals surface area contributed by atoms with E-state index in [4.69, 9.17) is 0 Å². The van der Waals surface area contributed by atoms with Crippen LogP contribution in [-0.2, 0) is 6.42 Å². The molecular weight excluding hydrogens is 278 g/mol. The Morgan fingerprint density at radius 3 is 2.71 bits per heavy atom. The molecule has 0 saturated carbocycles. The first-order chi connectivity index (χ1) is 8.13. The average molecular weight is 300 g/mol. The van der Waals surface area contributed by atoms with Crippen LogP contribution in [0.1, 0.15) is 19.4 Å². The molecule has 96 valence electrons. The molecule has 1 rings (SSSR count). The van der Waals surface area contributed by atoms with Crippen LogP contribution >= 0.6 is 15.9 Å². The van der Waals surface area contributed by atoms with E-state index in [2.05, 4.69) is 53.3 Å². The highest BCUT2D eigenvalue weighted by Crippen LogP contribution is 2.12. The molecule has 1 atom stereocenters. The molecule has 0 heterocycles. The Morgan fingerprint density at radius 2 is 2.12 bits per heavy atom. The number of halogens is 1. The zero-order chi connectivity index (χ0) is 12.7. The predicted molar refractivity (Wildman–Crippen MR) is 76.1 cm³/mol. The zero-order valence-corrected chi connectivity index (χ0v) is 12.2.